The number of carbonyl (C=O) groups is 1. The van der Waals surface area contributed by atoms with Crippen LogP contribution in [-0.2, 0) is 6.54 Å². The number of amides is 2. The Morgan fingerprint density at radius 2 is 1.95 bits per heavy atom. The van der Waals surface area contributed by atoms with Crippen LogP contribution in [0.25, 0.3) is 0 Å². The molecule has 2 rings (SSSR count). The smallest absolute Gasteiger partial charge is 0.387 e. The molecule has 0 aromatic heterocycles. The Hall–Kier alpha value is -1.89. The minimum atomic E-state index is -2.91. The number of carbonyl (C=O) groups excluding carboxylic acids is 1. The Balaban J connectivity index is 1.81. The monoisotopic (exact) mass is 314 g/mol. The molecule has 22 heavy (non-hydrogen) atoms. The van der Waals surface area contributed by atoms with Gasteiger partial charge >= 0.3 is 12.6 Å². The molecule has 7 heteroatoms. The van der Waals surface area contributed by atoms with Gasteiger partial charge in [0.15, 0.2) is 0 Å². The molecule has 5 nitrogen and oxygen atoms in total. The summed E-state index contributed by atoms with van der Waals surface area (Å²) in [6.07, 6.45) is 3.27. The van der Waals surface area contributed by atoms with E-state index in [4.69, 9.17) is 0 Å². The first kappa shape index (κ1) is 16.5. The van der Waals surface area contributed by atoms with Crippen molar-refractivity contribution in [3.63, 3.8) is 0 Å². The largest absolute Gasteiger partial charge is 0.434 e. The van der Waals surface area contributed by atoms with E-state index in [1.54, 1.807) is 18.2 Å². The molecular formula is C15H20F2N2O3. The van der Waals surface area contributed by atoms with E-state index in [2.05, 4.69) is 15.4 Å². The molecule has 0 bridgehead atoms. The molecule has 0 spiro atoms. The first-order chi connectivity index (χ1) is 10.5. The van der Waals surface area contributed by atoms with Gasteiger partial charge < -0.3 is 20.5 Å². The number of aliphatic hydroxyl groups is 1. The maximum Gasteiger partial charge on any atom is 0.387 e. The second-order valence-corrected chi connectivity index (χ2v) is 5.45. The lowest BCUT2D eigenvalue weighted by molar-refractivity contribution is -0.0504. The van der Waals surface area contributed by atoms with Crippen molar-refractivity contribution in [2.75, 3.05) is 6.54 Å². The molecule has 1 aromatic rings. The first-order valence-electron chi connectivity index (χ1n) is 7.25. The fourth-order valence-electron chi connectivity index (χ4n) is 2.55. The van der Waals surface area contributed by atoms with Crippen LogP contribution in [0.1, 0.15) is 31.2 Å². The van der Waals surface area contributed by atoms with Gasteiger partial charge in [-0.3, -0.25) is 0 Å². The number of hydrogen-bond donors (Lipinski definition) is 3. The SMILES string of the molecule is O=C(NCc1ccccc1OC(F)F)NCC1(O)CCCC1. The van der Waals surface area contributed by atoms with Crippen LogP contribution in [0.4, 0.5) is 13.6 Å². The van der Waals surface area contributed by atoms with Crippen LogP contribution in [0.15, 0.2) is 24.3 Å². The third kappa shape index (κ3) is 4.84. The van der Waals surface area contributed by atoms with Gasteiger partial charge in [0.25, 0.3) is 0 Å². The van der Waals surface area contributed by atoms with Crippen molar-refractivity contribution in [1.29, 1.82) is 0 Å². The second-order valence-electron chi connectivity index (χ2n) is 5.45. The minimum absolute atomic E-state index is 0.0345. The van der Waals surface area contributed by atoms with E-state index in [1.165, 1.54) is 6.07 Å². The fourth-order valence-corrected chi connectivity index (χ4v) is 2.55. The summed E-state index contributed by atoms with van der Waals surface area (Å²) in [6, 6.07) is 5.82. The summed E-state index contributed by atoms with van der Waals surface area (Å²) in [5.41, 5.74) is -0.369. The number of ether oxygens (including phenoxy) is 1. The van der Waals surface area contributed by atoms with Gasteiger partial charge in [-0.2, -0.15) is 8.78 Å². The molecule has 1 aliphatic carbocycles. The molecular weight excluding hydrogens is 294 g/mol. The molecule has 1 aromatic carbocycles. The van der Waals surface area contributed by atoms with E-state index in [-0.39, 0.29) is 18.8 Å². The normalized spacial score (nSPS) is 16.5. The van der Waals surface area contributed by atoms with Crippen LogP contribution in [0.3, 0.4) is 0 Å². The molecule has 1 aliphatic rings. The average Bonchev–Trinajstić information content (AvgIpc) is 2.91. The standard InChI is InChI=1S/C15H20F2N2O3/c16-13(17)22-12-6-2-1-5-11(12)9-18-14(20)19-10-15(21)7-3-4-8-15/h1-2,5-6,13,21H,3-4,7-10H2,(H2,18,19,20). The second kappa shape index (κ2) is 7.40. The molecule has 1 saturated carbocycles. The molecule has 0 radical (unpaired) electrons. The quantitative estimate of drug-likeness (QED) is 0.755. The Labute approximate surface area is 127 Å². The predicted octanol–water partition coefficient (Wildman–Crippen LogP) is 2.39. The van der Waals surface area contributed by atoms with E-state index in [1.807, 2.05) is 0 Å². The fraction of sp³-hybridized carbons (Fsp3) is 0.533. The summed E-state index contributed by atoms with van der Waals surface area (Å²) in [7, 11) is 0. The van der Waals surface area contributed by atoms with Crippen molar-refractivity contribution in [2.24, 2.45) is 0 Å². The molecule has 0 aliphatic heterocycles. The number of hydrogen-bond acceptors (Lipinski definition) is 3. The van der Waals surface area contributed by atoms with Crippen LogP contribution in [0, 0.1) is 0 Å². The van der Waals surface area contributed by atoms with E-state index in [9.17, 15) is 18.7 Å². The van der Waals surface area contributed by atoms with E-state index in [0.717, 1.165) is 12.8 Å². The van der Waals surface area contributed by atoms with Gasteiger partial charge in [-0.05, 0) is 18.9 Å². The number of alkyl halides is 2. The number of halogens is 2. The zero-order valence-electron chi connectivity index (χ0n) is 12.1. The Kier molecular flexibility index (Phi) is 5.54. The van der Waals surface area contributed by atoms with Gasteiger partial charge in [-0.15, -0.1) is 0 Å². The lowest BCUT2D eigenvalue weighted by Crippen LogP contribution is -2.44. The summed E-state index contributed by atoms with van der Waals surface area (Å²) >= 11 is 0. The first-order valence-corrected chi connectivity index (χ1v) is 7.25. The summed E-state index contributed by atoms with van der Waals surface area (Å²) in [5.74, 6) is 0.0345. The highest BCUT2D eigenvalue weighted by molar-refractivity contribution is 5.74. The average molecular weight is 314 g/mol. The van der Waals surface area contributed by atoms with Gasteiger partial charge in [0, 0.05) is 18.7 Å². The van der Waals surface area contributed by atoms with Gasteiger partial charge in [-0.25, -0.2) is 4.79 Å². The van der Waals surface area contributed by atoms with E-state index in [0.29, 0.717) is 18.4 Å². The zero-order valence-corrected chi connectivity index (χ0v) is 12.1. The molecule has 0 atom stereocenters. The van der Waals surface area contributed by atoms with Crippen LogP contribution < -0.4 is 15.4 Å². The predicted molar refractivity (Wildman–Crippen MR) is 76.7 cm³/mol. The highest BCUT2D eigenvalue weighted by Gasteiger charge is 2.31. The molecule has 0 heterocycles. The van der Waals surface area contributed by atoms with Crippen molar-refractivity contribution in [2.45, 2.75) is 44.4 Å². The topological polar surface area (TPSA) is 70.6 Å². The molecule has 122 valence electrons. The molecule has 2 amide bonds. The summed E-state index contributed by atoms with van der Waals surface area (Å²) in [5, 5.41) is 15.3. The number of rotatable bonds is 6. The number of urea groups is 1. The lowest BCUT2D eigenvalue weighted by Gasteiger charge is -2.22. The summed E-state index contributed by atoms with van der Waals surface area (Å²) in [6.45, 7) is -2.66. The summed E-state index contributed by atoms with van der Waals surface area (Å²) < 4.78 is 29.0. The van der Waals surface area contributed by atoms with Crippen molar-refractivity contribution in [3.8, 4) is 5.75 Å². The van der Waals surface area contributed by atoms with E-state index >= 15 is 0 Å². The van der Waals surface area contributed by atoms with Crippen molar-refractivity contribution >= 4 is 6.03 Å². The highest BCUT2D eigenvalue weighted by atomic mass is 19.3. The van der Waals surface area contributed by atoms with Crippen LogP contribution >= 0.6 is 0 Å². The number of benzene rings is 1. The Morgan fingerprint density at radius 1 is 1.27 bits per heavy atom. The minimum Gasteiger partial charge on any atom is -0.434 e. The molecule has 3 N–H and O–H groups in total. The summed E-state index contributed by atoms with van der Waals surface area (Å²) in [4.78, 5) is 11.7. The number of nitrogens with one attached hydrogen (secondary N) is 2. The van der Waals surface area contributed by atoms with Gasteiger partial charge in [0.05, 0.1) is 5.60 Å². The molecule has 0 unspecified atom stereocenters. The van der Waals surface area contributed by atoms with Gasteiger partial charge in [-0.1, -0.05) is 31.0 Å². The van der Waals surface area contributed by atoms with Gasteiger partial charge in [0.1, 0.15) is 5.75 Å². The third-order valence-corrected chi connectivity index (χ3v) is 3.74. The van der Waals surface area contributed by atoms with E-state index < -0.39 is 18.2 Å². The molecule has 0 saturated heterocycles. The van der Waals surface area contributed by atoms with Crippen molar-refractivity contribution in [1.82, 2.24) is 10.6 Å². The van der Waals surface area contributed by atoms with Crippen molar-refractivity contribution < 1.29 is 23.4 Å². The highest BCUT2D eigenvalue weighted by Crippen LogP contribution is 2.28. The lowest BCUT2D eigenvalue weighted by atomic mass is 10.0. The van der Waals surface area contributed by atoms with Crippen LogP contribution in [-0.4, -0.2) is 29.9 Å². The Morgan fingerprint density at radius 3 is 2.64 bits per heavy atom. The maximum absolute atomic E-state index is 12.3. The number of para-hydroxylation sites is 1. The molecule has 1 fully saturated rings. The van der Waals surface area contributed by atoms with Gasteiger partial charge in [0.2, 0.25) is 0 Å². The maximum atomic E-state index is 12.3. The third-order valence-electron chi connectivity index (χ3n) is 3.74. The Bertz CT molecular complexity index is 505. The van der Waals surface area contributed by atoms with Crippen LogP contribution in [0.2, 0.25) is 0 Å². The van der Waals surface area contributed by atoms with Crippen LogP contribution in [0.5, 0.6) is 5.75 Å². The zero-order chi connectivity index (χ0) is 16.0. The van der Waals surface area contributed by atoms with Crippen molar-refractivity contribution in [3.05, 3.63) is 29.8 Å².